The van der Waals surface area contributed by atoms with Crippen LogP contribution in [0.5, 0.6) is 0 Å². The van der Waals surface area contributed by atoms with Crippen LogP contribution < -0.4 is 10.9 Å². The highest BCUT2D eigenvalue weighted by Crippen LogP contribution is 2.28. The Bertz CT molecular complexity index is 686. The molecular formula is C14H14BrN3OS. The molecule has 2 heterocycles. The average molecular weight is 352 g/mol. The second-order valence-electron chi connectivity index (χ2n) is 4.58. The summed E-state index contributed by atoms with van der Waals surface area (Å²) in [5, 5.41) is 3.20. The van der Waals surface area contributed by atoms with E-state index in [1.165, 1.54) is 0 Å². The molecule has 0 aliphatic carbocycles. The van der Waals surface area contributed by atoms with Crippen molar-refractivity contribution in [3.8, 4) is 0 Å². The molecule has 0 saturated heterocycles. The van der Waals surface area contributed by atoms with Gasteiger partial charge in [0, 0.05) is 28.9 Å². The maximum absolute atomic E-state index is 12.0. The summed E-state index contributed by atoms with van der Waals surface area (Å²) in [6.07, 6.45) is 0.825. The van der Waals surface area contributed by atoms with Crippen molar-refractivity contribution < 1.29 is 0 Å². The molecule has 0 radical (unpaired) electrons. The number of rotatable bonds is 3. The van der Waals surface area contributed by atoms with Crippen molar-refractivity contribution >= 4 is 27.7 Å². The summed E-state index contributed by atoms with van der Waals surface area (Å²) in [4.78, 5) is 20.6. The minimum atomic E-state index is -0.00933. The predicted octanol–water partition coefficient (Wildman–Crippen LogP) is 2.47. The molecular weight excluding hydrogens is 338 g/mol. The number of fused-ring (bicyclic) bond motifs is 1. The van der Waals surface area contributed by atoms with Gasteiger partial charge >= 0.3 is 0 Å². The van der Waals surface area contributed by atoms with Crippen LogP contribution in [-0.2, 0) is 18.7 Å². The van der Waals surface area contributed by atoms with Crippen LogP contribution in [0, 0.1) is 0 Å². The molecule has 0 spiro atoms. The van der Waals surface area contributed by atoms with Crippen molar-refractivity contribution in [1.82, 2.24) is 15.3 Å². The van der Waals surface area contributed by atoms with E-state index in [1.807, 2.05) is 18.2 Å². The Balaban J connectivity index is 1.80. The molecule has 0 atom stereocenters. The van der Waals surface area contributed by atoms with Crippen LogP contribution in [0.2, 0.25) is 0 Å². The van der Waals surface area contributed by atoms with Gasteiger partial charge in [-0.3, -0.25) is 4.79 Å². The molecule has 0 fully saturated rings. The van der Waals surface area contributed by atoms with Gasteiger partial charge in [-0.2, -0.15) is 0 Å². The lowest BCUT2D eigenvalue weighted by molar-refractivity contribution is 0.616. The minimum absolute atomic E-state index is 0.00933. The predicted molar refractivity (Wildman–Crippen MR) is 84.0 cm³/mol. The van der Waals surface area contributed by atoms with E-state index < -0.39 is 0 Å². The van der Waals surface area contributed by atoms with E-state index >= 15 is 0 Å². The molecule has 20 heavy (non-hydrogen) atoms. The fraction of sp³-hybridized carbons (Fsp3) is 0.286. The number of aromatic amines is 1. The van der Waals surface area contributed by atoms with Crippen LogP contribution >= 0.6 is 27.7 Å². The zero-order valence-electron chi connectivity index (χ0n) is 10.8. The standard InChI is InChI=1S/C14H14BrN3OS/c15-10-3-1-2-4-12(10)20-8-13-17-11-5-6-16-7-9(11)14(19)18-13/h1-4,16H,5-8H2,(H,17,18,19). The third kappa shape index (κ3) is 2.97. The van der Waals surface area contributed by atoms with Crippen LogP contribution in [0.25, 0.3) is 0 Å². The lowest BCUT2D eigenvalue weighted by Crippen LogP contribution is -2.32. The summed E-state index contributed by atoms with van der Waals surface area (Å²) in [6.45, 7) is 1.51. The summed E-state index contributed by atoms with van der Waals surface area (Å²) >= 11 is 5.19. The van der Waals surface area contributed by atoms with Crippen LogP contribution in [0.3, 0.4) is 0 Å². The van der Waals surface area contributed by atoms with Gasteiger partial charge in [0.15, 0.2) is 0 Å². The van der Waals surface area contributed by atoms with Gasteiger partial charge in [-0.25, -0.2) is 4.98 Å². The Morgan fingerprint density at radius 3 is 3.05 bits per heavy atom. The molecule has 4 nitrogen and oxygen atoms in total. The van der Waals surface area contributed by atoms with Gasteiger partial charge in [0.05, 0.1) is 17.0 Å². The van der Waals surface area contributed by atoms with E-state index in [0.29, 0.717) is 12.3 Å². The Morgan fingerprint density at radius 1 is 1.35 bits per heavy atom. The fourth-order valence-electron chi connectivity index (χ4n) is 2.18. The van der Waals surface area contributed by atoms with Crippen molar-refractivity contribution in [1.29, 1.82) is 0 Å². The summed E-state index contributed by atoms with van der Waals surface area (Å²) in [7, 11) is 0. The number of hydrogen-bond donors (Lipinski definition) is 2. The molecule has 0 bridgehead atoms. The van der Waals surface area contributed by atoms with Crippen LogP contribution in [0.1, 0.15) is 17.1 Å². The van der Waals surface area contributed by atoms with Crippen LogP contribution in [-0.4, -0.2) is 16.5 Å². The Hall–Kier alpha value is -1.11. The molecule has 0 amide bonds. The number of aromatic nitrogens is 2. The Morgan fingerprint density at radius 2 is 2.20 bits per heavy atom. The lowest BCUT2D eigenvalue weighted by atomic mass is 10.1. The second kappa shape index (κ2) is 6.11. The first-order valence-corrected chi connectivity index (χ1v) is 8.21. The smallest absolute Gasteiger partial charge is 0.255 e. The molecule has 1 aliphatic rings. The normalized spacial score (nSPS) is 14.1. The maximum atomic E-state index is 12.0. The topological polar surface area (TPSA) is 57.8 Å². The quantitative estimate of drug-likeness (QED) is 0.834. The first-order chi connectivity index (χ1) is 9.74. The van der Waals surface area contributed by atoms with E-state index in [-0.39, 0.29) is 5.56 Å². The third-order valence-electron chi connectivity index (χ3n) is 3.19. The average Bonchev–Trinajstić information content (AvgIpc) is 2.46. The van der Waals surface area contributed by atoms with Crippen molar-refractivity contribution in [2.24, 2.45) is 0 Å². The van der Waals surface area contributed by atoms with E-state index in [1.54, 1.807) is 11.8 Å². The molecule has 104 valence electrons. The zero-order chi connectivity index (χ0) is 13.9. The van der Waals surface area contributed by atoms with Crippen LogP contribution in [0.4, 0.5) is 0 Å². The highest BCUT2D eigenvalue weighted by atomic mass is 79.9. The molecule has 3 rings (SSSR count). The molecule has 1 aliphatic heterocycles. The summed E-state index contributed by atoms with van der Waals surface area (Å²) in [6, 6.07) is 8.05. The fourth-order valence-corrected chi connectivity index (χ4v) is 3.62. The highest BCUT2D eigenvalue weighted by Gasteiger charge is 2.15. The first kappa shape index (κ1) is 13.9. The van der Waals surface area contributed by atoms with E-state index in [2.05, 4.69) is 37.3 Å². The van der Waals surface area contributed by atoms with E-state index in [0.717, 1.165) is 39.4 Å². The molecule has 6 heteroatoms. The Kier molecular flexibility index (Phi) is 4.24. The number of H-pyrrole nitrogens is 1. The van der Waals surface area contributed by atoms with Crippen molar-refractivity contribution in [3.05, 3.63) is 56.2 Å². The minimum Gasteiger partial charge on any atom is -0.312 e. The van der Waals surface area contributed by atoms with Gasteiger partial charge in [-0.1, -0.05) is 12.1 Å². The number of thioether (sulfide) groups is 1. The number of hydrogen-bond acceptors (Lipinski definition) is 4. The molecule has 0 unspecified atom stereocenters. The van der Waals surface area contributed by atoms with Crippen molar-refractivity contribution in [2.45, 2.75) is 23.6 Å². The largest absolute Gasteiger partial charge is 0.312 e. The highest BCUT2D eigenvalue weighted by molar-refractivity contribution is 9.10. The number of benzene rings is 1. The number of nitrogens with zero attached hydrogens (tertiary/aromatic N) is 1. The van der Waals surface area contributed by atoms with E-state index in [9.17, 15) is 4.79 Å². The third-order valence-corrected chi connectivity index (χ3v) is 5.23. The van der Waals surface area contributed by atoms with Crippen molar-refractivity contribution in [2.75, 3.05) is 6.54 Å². The second-order valence-corrected chi connectivity index (χ2v) is 6.46. The summed E-state index contributed by atoms with van der Waals surface area (Å²) in [5.74, 6) is 1.41. The SMILES string of the molecule is O=c1[nH]c(CSc2ccccc2Br)nc2c1CNCC2. The van der Waals surface area contributed by atoms with Gasteiger partial charge in [0.25, 0.3) is 5.56 Å². The van der Waals surface area contributed by atoms with Crippen LogP contribution in [0.15, 0.2) is 38.4 Å². The van der Waals surface area contributed by atoms with Gasteiger partial charge in [0.2, 0.25) is 0 Å². The lowest BCUT2D eigenvalue weighted by Gasteiger charge is -2.15. The molecule has 2 N–H and O–H groups in total. The zero-order valence-corrected chi connectivity index (χ0v) is 13.2. The Labute approximate surface area is 129 Å². The molecule has 1 aromatic heterocycles. The van der Waals surface area contributed by atoms with E-state index in [4.69, 9.17) is 0 Å². The summed E-state index contributed by atoms with van der Waals surface area (Å²) < 4.78 is 1.06. The van der Waals surface area contributed by atoms with Gasteiger partial charge < -0.3 is 10.3 Å². The maximum Gasteiger partial charge on any atom is 0.255 e. The van der Waals surface area contributed by atoms with Gasteiger partial charge in [-0.15, -0.1) is 11.8 Å². The van der Waals surface area contributed by atoms with Gasteiger partial charge in [-0.05, 0) is 28.1 Å². The molecule has 0 saturated carbocycles. The number of nitrogens with one attached hydrogen (secondary N) is 2. The summed E-state index contributed by atoms with van der Waals surface area (Å²) in [5.41, 5.74) is 1.71. The number of halogens is 1. The monoisotopic (exact) mass is 351 g/mol. The van der Waals surface area contributed by atoms with Crippen molar-refractivity contribution in [3.63, 3.8) is 0 Å². The van der Waals surface area contributed by atoms with Gasteiger partial charge in [0.1, 0.15) is 5.82 Å². The molecule has 2 aromatic rings. The molecule has 1 aromatic carbocycles. The first-order valence-electron chi connectivity index (χ1n) is 6.43.